The van der Waals surface area contributed by atoms with Crippen LogP contribution in [0.15, 0.2) is 51.8 Å². The van der Waals surface area contributed by atoms with E-state index in [0.717, 1.165) is 5.56 Å². The molecule has 0 fully saturated rings. The van der Waals surface area contributed by atoms with Crippen LogP contribution in [0.3, 0.4) is 0 Å². The summed E-state index contributed by atoms with van der Waals surface area (Å²) in [4.78, 5) is 4.30. The number of para-hydroxylation sites is 1. The van der Waals surface area contributed by atoms with Gasteiger partial charge in [0.05, 0.1) is 12.0 Å². The van der Waals surface area contributed by atoms with E-state index in [1.807, 2.05) is 18.2 Å². The number of hydrogen-bond acceptors (Lipinski definition) is 5. The fourth-order valence-electron chi connectivity index (χ4n) is 2.29. The number of hydrogen-bond donors (Lipinski definition) is 1. The van der Waals surface area contributed by atoms with Gasteiger partial charge in [-0.3, -0.25) is 0 Å². The van der Waals surface area contributed by atoms with Crippen LogP contribution in [0.4, 0.5) is 0 Å². The monoisotopic (exact) mass is 332 g/mol. The standard InChI is InChI=1S/C16H16N2O4S/c1-11-18-14-9-13(7-8-16(14)22-11)23(19,20)17-10-12-5-3-4-6-15(12)21-2/h3-9,17H,10H2,1-2H3. The van der Waals surface area contributed by atoms with E-state index in [2.05, 4.69) is 9.71 Å². The predicted octanol–water partition coefficient (Wildman–Crippen LogP) is 2.62. The van der Waals surface area contributed by atoms with Crippen molar-refractivity contribution in [3.63, 3.8) is 0 Å². The number of nitrogens with one attached hydrogen (secondary N) is 1. The van der Waals surface area contributed by atoms with Gasteiger partial charge in [0.2, 0.25) is 10.0 Å². The van der Waals surface area contributed by atoms with Gasteiger partial charge in [-0.15, -0.1) is 0 Å². The molecule has 0 aliphatic heterocycles. The SMILES string of the molecule is COc1ccccc1CNS(=O)(=O)c1ccc2oc(C)nc2c1. The molecule has 7 heteroatoms. The van der Waals surface area contributed by atoms with E-state index in [0.29, 0.717) is 22.7 Å². The Balaban J connectivity index is 1.85. The molecule has 0 aliphatic rings. The maximum absolute atomic E-state index is 12.4. The van der Waals surface area contributed by atoms with Gasteiger partial charge >= 0.3 is 0 Å². The quantitative estimate of drug-likeness (QED) is 0.777. The first-order chi connectivity index (χ1) is 11.0. The second kappa shape index (κ2) is 6.02. The van der Waals surface area contributed by atoms with E-state index < -0.39 is 10.0 Å². The van der Waals surface area contributed by atoms with E-state index in [-0.39, 0.29) is 11.4 Å². The van der Waals surface area contributed by atoms with Crippen molar-refractivity contribution in [1.29, 1.82) is 0 Å². The van der Waals surface area contributed by atoms with Crippen LogP contribution in [0.1, 0.15) is 11.5 Å². The Kier molecular flexibility index (Phi) is 4.06. The highest BCUT2D eigenvalue weighted by atomic mass is 32.2. The Labute approximate surface area is 134 Å². The fraction of sp³-hybridized carbons (Fsp3) is 0.188. The van der Waals surface area contributed by atoms with Gasteiger partial charge < -0.3 is 9.15 Å². The van der Waals surface area contributed by atoms with Crippen molar-refractivity contribution in [2.75, 3.05) is 7.11 Å². The van der Waals surface area contributed by atoms with Crippen molar-refractivity contribution in [3.8, 4) is 5.75 Å². The molecule has 3 aromatic rings. The predicted molar refractivity (Wildman–Crippen MR) is 85.8 cm³/mol. The molecule has 0 unspecified atom stereocenters. The highest BCUT2D eigenvalue weighted by molar-refractivity contribution is 7.89. The minimum Gasteiger partial charge on any atom is -0.496 e. The zero-order valence-electron chi connectivity index (χ0n) is 12.7. The summed E-state index contributed by atoms with van der Waals surface area (Å²) in [5.74, 6) is 1.13. The topological polar surface area (TPSA) is 81.4 Å². The van der Waals surface area contributed by atoms with E-state index in [9.17, 15) is 8.42 Å². The van der Waals surface area contributed by atoms with Crippen LogP contribution < -0.4 is 9.46 Å². The number of aromatic nitrogens is 1. The normalized spacial score (nSPS) is 11.7. The van der Waals surface area contributed by atoms with E-state index in [1.165, 1.54) is 12.1 Å². The summed E-state index contributed by atoms with van der Waals surface area (Å²) >= 11 is 0. The van der Waals surface area contributed by atoms with Gasteiger partial charge in [-0.2, -0.15) is 0 Å². The number of ether oxygens (including phenoxy) is 1. The number of methoxy groups -OCH3 is 1. The molecule has 23 heavy (non-hydrogen) atoms. The summed E-state index contributed by atoms with van der Waals surface area (Å²) < 4.78 is 38.0. The van der Waals surface area contributed by atoms with Gasteiger partial charge in [-0.25, -0.2) is 18.1 Å². The molecular formula is C16H16N2O4S. The summed E-state index contributed by atoms with van der Waals surface area (Å²) in [5, 5.41) is 0. The Hall–Kier alpha value is -2.38. The first-order valence-corrected chi connectivity index (χ1v) is 8.47. The molecule has 0 bridgehead atoms. The molecule has 0 aliphatic carbocycles. The zero-order valence-corrected chi connectivity index (χ0v) is 13.6. The summed E-state index contributed by atoms with van der Waals surface area (Å²) in [6, 6.07) is 11.9. The number of fused-ring (bicyclic) bond motifs is 1. The summed E-state index contributed by atoms with van der Waals surface area (Å²) in [5.41, 5.74) is 1.84. The van der Waals surface area contributed by atoms with Crippen LogP contribution >= 0.6 is 0 Å². The number of sulfonamides is 1. The average Bonchev–Trinajstić information content (AvgIpc) is 2.92. The molecule has 2 aromatic carbocycles. The fourth-order valence-corrected chi connectivity index (χ4v) is 3.32. The molecule has 0 amide bonds. The second-order valence-electron chi connectivity index (χ2n) is 5.00. The number of aryl methyl sites for hydroxylation is 1. The van der Waals surface area contributed by atoms with Crippen molar-refractivity contribution in [1.82, 2.24) is 9.71 Å². The minimum absolute atomic E-state index is 0.141. The summed E-state index contributed by atoms with van der Waals surface area (Å²) in [7, 11) is -2.10. The Bertz CT molecular complexity index is 948. The first kappa shape index (κ1) is 15.5. The molecule has 1 N–H and O–H groups in total. The lowest BCUT2D eigenvalue weighted by atomic mass is 10.2. The van der Waals surface area contributed by atoms with Crippen LogP contribution in [0.25, 0.3) is 11.1 Å². The molecule has 120 valence electrons. The summed E-state index contributed by atoms with van der Waals surface area (Å²) in [6.45, 7) is 1.86. The van der Waals surface area contributed by atoms with Crippen molar-refractivity contribution in [3.05, 3.63) is 53.9 Å². The lowest BCUT2D eigenvalue weighted by Gasteiger charge is -2.10. The smallest absolute Gasteiger partial charge is 0.240 e. The third-order valence-corrected chi connectivity index (χ3v) is 4.82. The van der Waals surface area contributed by atoms with Gasteiger partial charge in [-0.1, -0.05) is 18.2 Å². The van der Waals surface area contributed by atoms with E-state index in [1.54, 1.807) is 26.2 Å². The summed E-state index contributed by atoms with van der Waals surface area (Å²) in [6.07, 6.45) is 0. The largest absolute Gasteiger partial charge is 0.496 e. The molecule has 0 saturated carbocycles. The second-order valence-corrected chi connectivity index (χ2v) is 6.77. The number of benzene rings is 2. The highest BCUT2D eigenvalue weighted by Crippen LogP contribution is 2.21. The number of nitrogens with zero attached hydrogens (tertiary/aromatic N) is 1. The third-order valence-electron chi connectivity index (χ3n) is 3.42. The molecule has 1 aromatic heterocycles. The zero-order chi connectivity index (χ0) is 16.4. The number of rotatable bonds is 5. The molecule has 0 saturated heterocycles. The highest BCUT2D eigenvalue weighted by Gasteiger charge is 2.16. The Morgan fingerprint density at radius 3 is 2.78 bits per heavy atom. The van der Waals surface area contributed by atoms with Crippen LogP contribution in [0, 0.1) is 6.92 Å². The van der Waals surface area contributed by atoms with Crippen molar-refractivity contribution in [2.45, 2.75) is 18.4 Å². The van der Waals surface area contributed by atoms with Gasteiger partial charge in [0.1, 0.15) is 11.3 Å². The van der Waals surface area contributed by atoms with Crippen molar-refractivity contribution in [2.24, 2.45) is 0 Å². The van der Waals surface area contributed by atoms with Gasteiger partial charge in [0, 0.05) is 19.0 Å². The molecule has 6 nitrogen and oxygen atoms in total. The van der Waals surface area contributed by atoms with Crippen molar-refractivity contribution >= 4 is 21.1 Å². The molecule has 0 atom stereocenters. The van der Waals surface area contributed by atoms with Crippen LogP contribution in [-0.4, -0.2) is 20.5 Å². The van der Waals surface area contributed by atoms with Gasteiger partial charge in [-0.05, 0) is 24.3 Å². The maximum atomic E-state index is 12.4. The first-order valence-electron chi connectivity index (χ1n) is 6.98. The molecule has 3 rings (SSSR count). The molecule has 0 radical (unpaired) electrons. The average molecular weight is 332 g/mol. The lowest BCUT2D eigenvalue weighted by Crippen LogP contribution is -2.23. The third kappa shape index (κ3) is 3.20. The van der Waals surface area contributed by atoms with E-state index >= 15 is 0 Å². The molecular weight excluding hydrogens is 316 g/mol. The van der Waals surface area contributed by atoms with Crippen molar-refractivity contribution < 1.29 is 17.6 Å². The molecule has 0 spiro atoms. The maximum Gasteiger partial charge on any atom is 0.240 e. The van der Waals surface area contributed by atoms with Crippen LogP contribution in [-0.2, 0) is 16.6 Å². The minimum atomic E-state index is -3.65. The molecule has 1 heterocycles. The Morgan fingerprint density at radius 1 is 1.22 bits per heavy atom. The number of oxazole rings is 1. The van der Waals surface area contributed by atoms with Crippen LogP contribution in [0.5, 0.6) is 5.75 Å². The Morgan fingerprint density at radius 2 is 2.00 bits per heavy atom. The van der Waals surface area contributed by atoms with E-state index in [4.69, 9.17) is 9.15 Å². The van der Waals surface area contributed by atoms with Crippen LogP contribution in [0.2, 0.25) is 0 Å². The van der Waals surface area contributed by atoms with Gasteiger partial charge in [0.15, 0.2) is 11.5 Å². The lowest BCUT2D eigenvalue weighted by molar-refractivity contribution is 0.409. The van der Waals surface area contributed by atoms with Gasteiger partial charge in [0.25, 0.3) is 0 Å².